The summed E-state index contributed by atoms with van der Waals surface area (Å²) >= 11 is 0. The Labute approximate surface area is 184 Å². The van der Waals surface area contributed by atoms with Crippen molar-refractivity contribution in [1.29, 1.82) is 0 Å². The van der Waals surface area contributed by atoms with Crippen LogP contribution in [0.15, 0.2) is 48.5 Å². The Bertz CT molecular complexity index is 1120. The van der Waals surface area contributed by atoms with Crippen LogP contribution < -0.4 is 4.90 Å². The molecule has 0 aliphatic carbocycles. The van der Waals surface area contributed by atoms with Gasteiger partial charge >= 0.3 is 6.55 Å². The molecule has 1 amide bonds. The van der Waals surface area contributed by atoms with Gasteiger partial charge in [0.25, 0.3) is 0 Å². The molecule has 2 saturated heterocycles. The number of piperidine rings is 1. The first kappa shape index (κ1) is 20.8. The first-order chi connectivity index (χ1) is 15.5. The monoisotopic (exact) mass is 442 g/mol. The lowest BCUT2D eigenvalue weighted by atomic mass is 9.95. The van der Waals surface area contributed by atoms with Crippen molar-refractivity contribution < 1.29 is 18.0 Å². The molecule has 2 aliphatic rings. The maximum atomic E-state index is 13.9. The average molecular weight is 442 g/mol. The summed E-state index contributed by atoms with van der Waals surface area (Å²) in [7, 11) is 0. The van der Waals surface area contributed by atoms with Gasteiger partial charge in [-0.25, -0.2) is 9.37 Å². The van der Waals surface area contributed by atoms with Gasteiger partial charge in [0.2, 0.25) is 5.91 Å². The van der Waals surface area contributed by atoms with Crippen LogP contribution >= 0.6 is 0 Å². The average Bonchev–Trinajstić information content (AvgIpc) is 3.42. The van der Waals surface area contributed by atoms with Gasteiger partial charge in [-0.3, -0.25) is 9.36 Å². The van der Waals surface area contributed by atoms with Gasteiger partial charge in [-0.15, -0.1) is 0 Å². The number of fused-ring (bicyclic) bond motifs is 1. The third-order valence-corrected chi connectivity index (χ3v) is 6.55. The van der Waals surface area contributed by atoms with Crippen LogP contribution in [-0.4, -0.2) is 52.7 Å². The van der Waals surface area contributed by atoms with Crippen LogP contribution in [0.25, 0.3) is 22.4 Å². The summed E-state index contributed by atoms with van der Waals surface area (Å²) in [4.78, 5) is 21.0. The standard InChI is InChI=1S/C24H25F3N4O/c25-18-10-13-30(15-18)23(32)16-8-11-29(12-9-16)19-5-3-4-17(14-19)22-28-20-6-1-2-7-21(20)31(22)24(26)27/h1-7,14,16,18,24H,8-13,15H2/t18-/m0/s1. The molecule has 2 aliphatic heterocycles. The number of amides is 1. The second kappa shape index (κ2) is 8.48. The van der Waals surface area contributed by atoms with Crippen molar-refractivity contribution in [3.8, 4) is 11.4 Å². The third kappa shape index (κ3) is 3.82. The number of likely N-dealkylation sites (tertiary alicyclic amines) is 1. The highest BCUT2D eigenvalue weighted by Gasteiger charge is 2.33. The summed E-state index contributed by atoms with van der Waals surface area (Å²) in [5.41, 5.74) is 2.49. The molecule has 8 heteroatoms. The zero-order chi connectivity index (χ0) is 22.2. The number of alkyl halides is 3. The number of halogens is 3. The smallest absolute Gasteiger partial charge is 0.320 e. The molecule has 0 radical (unpaired) electrons. The lowest BCUT2D eigenvalue weighted by Gasteiger charge is -2.34. The molecule has 32 heavy (non-hydrogen) atoms. The van der Waals surface area contributed by atoms with Crippen molar-refractivity contribution in [3.63, 3.8) is 0 Å². The van der Waals surface area contributed by atoms with Crippen LogP contribution in [0.1, 0.15) is 25.8 Å². The lowest BCUT2D eigenvalue weighted by molar-refractivity contribution is -0.135. The summed E-state index contributed by atoms with van der Waals surface area (Å²) in [6, 6.07) is 14.4. The summed E-state index contributed by atoms with van der Waals surface area (Å²) < 4.78 is 42.1. The van der Waals surface area contributed by atoms with Gasteiger partial charge in [-0.2, -0.15) is 8.78 Å². The molecule has 168 valence electrons. The first-order valence-electron chi connectivity index (χ1n) is 11.0. The number of anilines is 1. The van der Waals surface area contributed by atoms with E-state index < -0.39 is 12.7 Å². The van der Waals surface area contributed by atoms with Crippen LogP contribution in [0.4, 0.5) is 18.9 Å². The summed E-state index contributed by atoms with van der Waals surface area (Å²) in [6.45, 7) is -0.590. The Hall–Kier alpha value is -3.03. The highest BCUT2D eigenvalue weighted by molar-refractivity contribution is 5.82. The van der Waals surface area contributed by atoms with Gasteiger partial charge in [-0.05, 0) is 43.5 Å². The number of hydrogen-bond donors (Lipinski definition) is 0. The van der Waals surface area contributed by atoms with E-state index in [1.165, 1.54) is 0 Å². The van der Waals surface area contributed by atoms with Crippen molar-refractivity contribution in [2.75, 3.05) is 31.1 Å². The van der Waals surface area contributed by atoms with Crippen LogP contribution in [0.3, 0.4) is 0 Å². The van der Waals surface area contributed by atoms with Crippen LogP contribution in [-0.2, 0) is 4.79 Å². The van der Waals surface area contributed by atoms with E-state index in [-0.39, 0.29) is 24.2 Å². The minimum Gasteiger partial charge on any atom is -0.371 e. The Morgan fingerprint density at radius 3 is 2.50 bits per heavy atom. The zero-order valence-electron chi connectivity index (χ0n) is 17.6. The van der Waals surface area contributed by atoms with E-state index in [1.807, 2.05) is 18.2 Å². The molecule has 0 bridgehead atoms. The van der Waals surface area contributed by atoms with Crippen LogP contribution in [0.5, 0.6) is 0 Å². The minimum atomic E-state index is -2.70. The molecular formula is C24H25F3N4O. The molecule has 2 aromatic carbocycles. The van der Waals surface area contributed by atoms with E-state index in [2.05, 4.69) is 9.88 Å². The van der Waals surface area contributed by atoms with Crippen molar-refractivity contribution in [2.45, 2.75) is 32.0 Å². The normalized spacial score (nSPS) is 19.9. The van der Waals surface area contributed by atoms with Crippen molar-refractivity contribution in [1.82, 2.24) is 14.5 Å². The number of nitrogens with zero attached hydrogens (tertiary/aromatic N) is 4. The molecule has 0 saturated carbocycles. The fraction of sp³-hybridized carbons (Fsp3) is 0.417. The molecule has 0 unspecified atom stereocenters. The van der Waals surface area contributed by atoms with E-state index in [0.717, 1.165) is 10.3 Å². The fourth-order valence-corrected chi connectivity index (χ4v) is 4.85. The summed E-state index contributed by atoms with van der Waals surface area (Å²) in [5, 5.41) is 0. The molecule has 5 rings (SSSR count). The summed E-state index contributed by atoms with van der Waals surface area (Å²) in [5.74, 6) is 0.217. The second-order valence-electron chi connectivity index (χ2n) is 8.55. The second-order valence-corrected chi connectivity index (χ2v) is 8.55. The highest BCUT2D eigenvalue weighted by Crippen LogP contribution is 2.33. The largest absolute Gasteiger partial charge is 0.371 e. The van der Waals surface area contributed by atoms with E-state index in [1.54, 1.807) is 35.2 Å². The van der Waals surface area contributed by atoms with Crippen LogP contribution in [0, 0.1) is 5.92 Å². The van der Waals surface area contributed by atoms with E-state index in [9.17, 15) is 18.0 Å². The SMILES string of the molecule is O=C(C1CCN(c2cccc(-c3nc4ccccc4n3C(F)F)c2)CC1)N1CC[C@H](F)C1. The number of carbonyl (C=O) groups excluding carboxylic acids is 1. The number of rotatable bonds is 4. The zero-order valence-corrected chi connectivity index (χ0v) is 17.6. The number of carbonyl (C=O) groups is 1. The van der Waals surface area contributed by atoms with Crippen molar-refractivity contribution >= 4 is 22.6 Å². The van der Waals surface area contributed by atoms with Gasteiger partial charge in [0.05, 0.1) is 17.6 Å². The summed E-state index contributed by atoms with van der Waals surface area (Å²) in [6.07, 6.45) is 0.929. The molecule has 5 nitrogen and oxygen atoms in total. The van der Waals surface area contributed by atoms with Gasteiger partial charge < -0.3 is 9.80 Å². The predicted octanol–water partition coefficient (Wildman–Crippen LogP) is 4.89. The highest BCUT2D eigenvalue weighted by atomic mass is 19.3. The Balaban J connectivity index is 1.34. The number of aromatic nitrogens is 2. The molecule has 3 heterocycles. The molecule has 3 aromatic rings. The first-order valence-corrected chi connectivity index (χ1v) is 11.0. The van der Waals surface area contributed by atoms with Crippen molar-refractivity contribution in [3.05, 3.63) is 48.5 Å². The fourth-order valence-electron chi connectivity index (χ4n) is 4.85. The predicted molar refractivity (Wildman–Crippen MR) is 117 cm³/mol. The Morgan fingerprint density at radius 1 is 1.00 bits per heavy atom. The van der Waals surface area contributed by atoms with Crippen molar-refractivity contribution in [2.24, 2.45) is 5.92 Å². The number of hydrogen-bond acceptors (Lipinski definition) is 3. The number of imidazole rings is 1. The van der Waals surface area contributed by atoms with E-state index >= 15 is 0 Å². The number of benzene rings is 2. The molecule has 1 aromatic heterocycles. The van der Waals surface area contributed by atoms with Crippen LogP contribution in [0.2, 0.25) is 0 Å². The molecule has 0 spiro atoms. The molecule has 0 N–H and O–H groups in total. The lowest BCUT2D eigenvalue weighted by Crippen LogP contribution is -2.42. The molecule has 2 fully saturated rings. The third-order valence-electron chi connectivity index (χ3n) is 6.55. The molecular weight excluding hydrogens is 417 g/mol. The van der Waals surface area contributed by atoms with Gasteiger partial charge in [0.1, 0.15) is 12.0 Å². The Morgan fingerprint density at radius 2 is 1.78 bits per heavy atom. The van der Waals surface area contributed by atoms with E-state index in [4.69, 9.17) is 0 Å². The minimum absolute atomic E-state index is 0.0594. The number of para-hydroxylation sites is 2. The Kier molecular flexibility index (Phi) is 5.53. The van der Waals surface area contributed by atoms with Gasteiger partial charge in [0.15, 0.2) is 0 Å². The maximum Gasteiger partial charge on any atom is 0.320 e. The topological polar surface area (TPSA) is 41.4 Å². The maximum absolute atomic E-state index is 13.9. The van der Waals surface area contributed by atoms with Gasteiger partial charge in [0, 0.05) is 36.8 Å². The quantitative estimate of drug-likeness (QED) is 0.578. The molecule has 1 atom stereocenters. The van der Waals surface area contributed by atoms with E-state index in [0.29, 0.717) is 55.5 Å². The van der Waals surface area contributed by atoms with Gasteiger partial charge in [-0.1, -0.05) is 24.3 Å².